The van der Waals surface area contributed by atoms with Gasteiger partial charge in [-0.05, 0) is 86.3 Å². The van der Waals surface area contributed by atoms with Crippen molar-refractivity contribution in [2.75, 3.05) is 6.54 Å². The third-order valence-electron chi connectivity index (χ3n) is 1.77. The highest BCUT2D eigenvalue weighted by Crippen LogP contribution is 2.22. The van der Waals surface area contributed by atoms with Gasteiger partial charge in [0.1, 0.15) is 0 Å². The molecule has 2 nitrogen and oxygen atoms in total. The zero-order valence-corrected chi connectivity index (χ0v) is 14.6. The Labute approximate surface area is 130 Å². The molecule has 0 atom stereocenters. The van der Waals surface area contributed by atoms with Gasteiger partial charge in [-0.15, -0.1) is 0 Å². The second-order valence-electron chi connectivity index (χ2n) is 3.01. The van der Waals surface area contributed by atoms with E-state index in [0.29, 0.717) is 0 Å². The Balaban J connectivity index is 2.98. The lowest BCUT2D eigenvalue weighted by atomic mass is 10.2. The van der Waals surface area contributed by atoms with E-state index in [4.69, 9.17) is 0 Å². The average molecular weight is 541 g/mol. The van der Waals surface area contributed by atoms with Crippen LogP contribution in [0.5, 0.6) is 0 Å². The van der Waals surface area contributed by atoms with E-state index in [1.54, 1.807) is 0 Å². The number of carbonyl (C=O) groups excluding carboxylic acids is 1. The summed E-state index contributed by atoms with van der Waals surface area (Å²) in [4.78, 5) is 11.8. The molecule has 0 fully saturated rings. The highest BCUT2D eigenvalue weighted by molar-refractivity contribution is 14.1. The molecule has 15 heavy (non-hydrogen) atoms. The Morgan fingerprint density at radius 2 is 2.00 bits per heavy atom. The number of benzene rings is 1. The van der Waals surface area contributed by atoms with E-state index in [-0.39, 0.29) is 5.91 Å². The molecule has 5 heteroatoms. The molecule has 1 aromatic rings. The first-order valence-corrected chi connectivity index (χ1v) is 7.72. The van der Waals surface area contributed by atoms with Gasteiger partial charge in [0, 0.05) is 17.3 Å². The molecule has 0 aliphatic heterocycles. The molecule has 82 valence electrons. The lowest BCUT2D eigenvalue weighted by Crippen LogP contribution is -2.25. The standard InChI is InChI=1S/C10H10I3NO/c1-2-3-14-10(15)7-4-6(11)5-8(12)9(7)13/h4-5H,2-3H2,1H3,(H,14,15). The van der Waals surface area contributed by atoms with E-state index in [1.165, 1.54) is 0 Å². The lowest BCUT2D eigenvalue weighted by Gasteiger charge is -2.08. The molecule has 1 N–H and O–H groups in total. The van der Waals surface area contributed by atoms with Gasteiger partial charge in [-0.3, -0.25) is 4.79 Å². The van der Waals surface area contributed by atoms with Crippen molar-refractivity contribution < 1.29 is 4.79 Å². The monoisotopic (exact) mass is 541 g/mol. The Hall–Kier alpha value is 0.880. The van der Waals surface area contributed by atoms with Gasteiger partial charge in [-0.2, -0.15) is 0 Å². The van der Waals surface area contributed by atoms with E-state index in [1.807, 2.05) is 13.0 Å². The summed E-state index contributed by atoms with van der Waals surface area (Å²) >= 11 is 6.70. The minimum absolute atomic E-state index is 0.0256. The Morgan fingerprint density at radius 3 is 2.60 bits per heavy atom. The third-order valence-corrected chi connectivity index (χ3v) is 5.44. The number of halogens is 3. The fourth-order valence-corrected chi connectivity index (χ4v) is 3.46. The second kappa shape index (κ2) is 6.58. The normalized spacial score (nSPS) is 10.1. The first-order valence-electron chi connectivity index (χ1n) is 4.49. The van der Waals surface area contributed by atoms with Crippen molar-refractivity contribution in [3.05, 3.63) is 28.4 Å². The fraction of sp³-hybridized carbons (Fsp3) is 0.300. The Kier molecular flexibility index (Phi) is 6.11. The number of hydrogen-bond donors (Lipinski definition) is 1. The van der Waals surface area contributed by atoms with E-state index >= 15 is 0 Å². The summed E-state index contributed by atoms with van der Waals surface area (Å²) in [6.07, 6.45) is 0.962. The molecule has 1 aromatic carbocycles. The Bertz CT molecular complexity index is 379. The molecule has 1 rings (SSSR count). The molecule has 0 heterocycles. The van der Waals surface area contributed by atoms with E-state index in [9.17, 15) is 4.79 Å². The van der Waals surface area contributed by atoms with Gasteiger partial charge < -0.3 is 5.32 Å². The van der Waals surface area contributed by atoms with E-state index in [2.05, 4.69) is 79.2 Å². The maximum Gasteiger partial charge on any atom is 0.252 e. The molecule has 0 bridgehead atoms. The largest absolute Gasteiger partial charge is 0.352 e. The number of carbonyl (C=O) groups is 1. The van der Waals surface area contributed by atoms with Crippen molar-refractivity contribution in [2.45, 2.75) is 13.3 Å². The Morgan fingerprint density at radius 1 is 1.33 bits per heavy atom. The van der Waals surface area contributed by atoms with Gasteiger partial charge in [-0.1, -0.05) is 6.92 Å². The van der Waals surface area contributed by atoms with Crippen LogP contribution in [0.3, 0.4) is 0 Å². The smallest absolute Gasteiger partial charge is 0.252 e. The molecule has 0 aliphatic carbocycles. The first kappa shape index (κ1) is 13.9. The summed E-state index contributed by atoms with van der Waals surface area (Å²) in [5, 5.41) is 2.89. The minimum atomic E-state index is 0.0256. The fourth-order valence-electron chi connectivity index (χ4n) is 1.05. The zero-order valence-electron chi connectivity index (χ0n) is 8.11. The maximum atomic E-state index is 11.8. The van der Waals surface area contributed by atoms with Crippen molar-refractivity contribution in [3.63, 3.8) is 0 Å². The SMILES string of the molecule is CCCNC(=O)c1cc(I)cc(I)c1I. The first-order chi connectivity index (χ1) is 7.06. The van der Waals surface area contributed by atoms with Crippen LogP contribution in [0.1, 0.15) is 23.7 Å². The minimum Gasteiger partial charge on any atom is -0.352 e. The van der Waals surface area contributed by atoms with Crippen molar-refractivity contribution in [3.8, 4) is 0 Å². The van der Waals surface area contributed by atoms with Crippen LogP contribution in [0.2, 0.25) is 0 Å². The van der Waals surface area contributed by atoms with Gasteiger partial charge in [0.15, 0.2) is 0 Å². The molecule has 0 spiro atoms. The molecule has 0 aromatic heterocycles. The van der Waals surface area contributed by atoms with Gasteiger partial charge in [-0.25, -0.2) is 0 Å². The number of amides is 1. The van der Waals surface area contributed by atoms with Crippen LogP contribution in [0.25, 0.3) is 0 Å². The number of hydrogen-bond acceptors (Lipinski definition) is 1. The van der Waals surface area contributed by atoms with Crippen LogP contribution >= 0.6 is 67.8 Å². The zero-order chi connectivity index (χ0) is 11.4. The van der Waals surface area contributed by atoms with Crippen LogP contribution in [-0.4, -0.2) is 12.5 Å². The molecule has 0 unspecified atom stereocenters. The van der Waals surface area contributed by atoms with Gasteiger partial charge in [0.2, 0.25) is 0 Å². The van der Waals surface area contributed by atoms with Crippen LogP contribution in [0.4, 0.5) is 0 Å². The van der Waals surface area contributed by atoms with Crippen LogP contribution < -0.4 is 5.32 Å². The summed E-state index contributed by atoms with van der Waals surface area (Å²) in [6, 6.07) is 4.00. The molecule has 1 amide bonds. The quantitative estimate of drug-likeness (QED) is 0.460. The molecule has 0 saturated heterocycles. The summed E-state index contributed by atoms with van der Waals surface area (Å²) < 4.78 is 3.25. The second-order valence-corrected chi connectivity index (χ2v) is 6.49. The lowest BCUT2D eigenvalue weighted by molar-refractivity contribution is 0.0952. The van der Waals surface area contributed by atoms with Crippen molar-refractivity contribution in [1.82, 2.24) is 5.32 Å². The summed E-state index contributed by atoms with van der Waals surface area (Å²) in [5.74, 6) is 0.0256. The van der Waals surface area contributed by atoms with E-state index in [0.717, 1.165) is 29.2 Å². The van der Waals surface area contributed by atoms with Crippen LogP contribution in [0.15, 0.2) is 12.1 Å². The molecule has 0 radical (unpaired) electrons. The van der Waals surface area contributed by atoms with Crippen LogP contribution in [0, 0.1) is 10.7 Å². The maximum absolute atomic E-state index is 11.8. The van der Waals surface area contributed by atoms with Crippen LogP contribution in [-0.2, 0) is 0 Å². The topological polar surface area (TPSA) is 29.1 Å². The van der Waals surface area contributed by atoms with E-state index < -0.39 is 0 Å². The summed E-state index contributed by atoms with van der Waals surface area (Å²) in [7, 11) is 0. The summed E-state index contributed by atoms with van der Waals surface area (Å²) in [5.41, 5.74) is 0.778. The van der Waals surface area contributed by atoms with Crippen molar-refractivity contribution >= 4 is 73.7 Å². The van der Waals surface area contributed by atoms with Gasteiger partial charge >= 0.3 is 0 Å². The number of rotatable bonds is 3. The predicted octanol–water partition coefficient (Wildman–Crippen LogP) is 3.64. The van der Waals surface area contributed by atoms with Crippen molar-refractivity contribution in [1.29, 1.82) is 0 Å². The molecular formula is C10H10I3NO. The molecule has 0 saturated carbocycles. The van der Waals surface area contributed by atoms with Gasteiger partial charge in [0.25, 0.3) is 5.91 Å². The van der Waals surface area contributed by atoms with Crippen molar-refractivity contribution in [2.24, 2.45) is 0 Å². The highest BCUT2D eigenvalue weighted by atomic mass is 127. The predicted molar refractivity (Wildman–Crippen MR) is 87.2 cm³/mol. The van der Waals surface area contributed by atoms with Gasteiger partial charge in [0.05, 0.1) is 5.56 Å². The molecule has 0 aliphatic rings. The summed E-state index contributed by atoms with van der Waals surface area (Å²) in [6.45, 7) is 2.78. The average Bonchev–Trinajstić information content (AvgIpc) is 2.19. The third kappa shape index (κ3) is 3.99. The highest BCUT2D eigenvalue weighted by Gasteiger charge is 2.12. The molecular weight excluding hydrogens is 531 g/mol. The number of nitrogens with one attached hydrogen (secondary N) is 1.